The molecule has 6 nitrogen and oxygen atoms in total. The molecule has 1 aromatic rings. The molecule has 0 aliphatic carbocycles. The number of hydrogen-bond acceptors (Lipinski definition) is 5. The average Bonchev–Trinajstić information content (AvgIpc) is 3.12. The Kier molecular flexibility index (Phi) is 6.93. The van der Waals surface area contributed by atoms with E-state index in [1.807, 2.05) is 19.2 Å². The lowest BCUT2D eigenvalue weighted by molar-refractivity contribution is 0.0896. The Morgan fingerprint density at radius 2 is 2.08 bits per heavy atom. The molecule has 0 radical (unpaired) electrons. The number of benzene rings is 1. The van der Waals surface area contributed by atoms with Crippen LogP contribution in [0.3, 0.4) is 0 Å². The van der Waals surface area contributed by atoms with Gasteiger partial charge in [0.05, 0.1) is 27.4 Å². The van der Waals surface area contributed by atoms with Crippen molar-refractivity contribution < 1.29 is 18.9 Å². The number of ether oxygens (including phenoxy) is 4. The first-order chi connectivity index (χ1) is 11.6. The summed E-state index contributed by atoms with van der Waals surface area (Å²) in [4.78, 5) is 2.09. The Balaban J connectivity index is 2.27. The fraction of sp³-hybridized carbons (Fsp3) is 0.588. The number of nitrogens with zero attached hydrogens (tertiary/aromatic N) is 1. The molecule has 0 unspecified atom stereocenters. The maximum absolute atomic E-state index is 5.75. The minimum absolute atomic E-state index is 0.204. The van der Waals surface area contributed by atoms with E-state index in [9.17, 15) is 0 Å². The number of thiocarbonyl (C=S) groups is 1. The summed E-state index contributed by atoms with van der Waals surface area (Å²) in [6.45, 7) is 2.14. The van der Waals surface area contributed by atoms with E-state index in [1.54, 1.807) is 21.3 Å². The molecule has 0 aromatic heterocycles. The quantitative estimate of drug-likeness (QED) is 0.753. The van der Waals surface area contributed by atoms with Gasteiger partial charge >= 0.3 is 0 Å². The third-order valence-electron chi connectivity index (χ3n) is 4.08. The summed E-state index contributed by atoms with van der Waals surface area (Å²) in [5, 5.41) is 3.73. The number of nitrogens with one attached hydrogen (secondary N) is 1. The van der Waals surface area contributed by atoms with Crippen molar-refractivity contribution >= 4 is 17.3 Å². The van der Waals surface area contributed by atoms with Gasteiger partial charge in [-0.2, -0.15) is 0 Å². The Morgan fingerprint density at radius 1 is 1.29 bits per heavy atom. The number of hydrogen-bond donors (Lipinski definition) is 1. The molecule has 134 valence electrons. The molecule has 1 heterocycles. The second-order valence-electron chi connectivity index (χ2n) is 5.59. The fourth-order valence-electron chi connectivity index (χ4n) is 2.87. The van der Waals surface area contributed by atoms with Crippen LogP contribution in [0.1, 0.15) is 18.4 Å². The first kappa shape index (κ1) is 18.6. The fourth-order valence-corrected chi connectivity index (χ4v) is 3.01. The second kappa shape index (κ2) is 8.94. The van der Waals surface area contributed by atoms with Gasteiger partial charge in [0.2, 0.25) is 0 Å². The Morgan fingerprint density at radius 3 is 2.62 bits per heavy atom. The molecule has 0 bridgehead atoms. The molecule has 1 saturated heterocycles. The molecule has 1 N–H and O–H groups in total. The first-order valence-corrected chi connectivity index (χ1v) is 8.40. The van der Waals surface area contributed by atoms with E-state index in [4.69, 9.17) is 31.2 Å². The summed E-state index contributed by atoms with van der Waals surface area (Å²) in [6.07, 6.45) is 2.36. The molecule has 7 heteroatoms. The average molecular weight is 354 g/mol. The third kappa shape index (κ3) is 4.42. The lowest BCUT2D eigenvalue weighted by Gasteiger charge is -2.28. The molecular weight excluding hydrogens is 328 g/mol. The van der Waals surface area contributed by atoms with Gasteiger partial charge in [-0.3, -0.25) is 0 Å². The summed E-state index contributed by atoms with van der Waals surface area (Å²) < 4.78 is 22.1. The molecule has 1 atom stereocenters. The van der Waals surface area contributed by atoms with Gasteiger partial charge in [-0.1, -0.05) is 0 Å². The van der Waals surface area contributed by atoms with E-state index < -0.39 is 0 Å². The van der Waals surface area contributed by atoms with Gasteiger partial charge in [0.1, 0.15) is 5.75 Å². The molecule has 1 aliphatic heterocycles. The predicted molar refractivity (Wildman–Crippen MR) is 97.1 cm³/mol. The molecule has 2 rings (SSSR count). The van der Waals surface area contributed by atoms with Crippen molar-refractivity contribution in [1.29, 1.82) is 0 Å². The van der Waals surface area contributed by atoms with Crippen molar-refractivity contribution in [3.63, 3.8) is 0 Å². The van der Waals surface area contributed by atoms with E-state index in [2.05, 4.69) is 10.2 Å². The zero-order valence-corrected chi connectivity index (χ0v) is 15.6. The molecule has 1 aliphatic rings. The summed E-state index contributed by atoms with van der Waals surface area (Å²) >= 11 is 5.47. The van der Waals surface area contributed by atoms with Crippen molar-refractivity contribution in [2.24, 2.45) is 0 Å². The smallest absolute Gasteiger partial charge is 0.169 e. The van der Waals surface area contributed by atoms with Crippen molar-refractivity contribution in [3.05, 3.63) is 17.7 Å². The highest BCUT2D eigenvalue weighted by Gasteiger charge is 2.23. The predicted octanol–water partition coefficient (Wildman–Crippen LogP) is 2.20. The zero-order chi connectivity index (χ0) is 17.5. The van der Waals surface area contributed by atoms with Crippen molar-refractivity contribution in [1.82, 2.24) is 10.2 Å². The van der Waals surface area contributed by atoms with Gasteiger partial charge in [-0.15, -0.1) is 0 Å². The molecule has 0 saturated carbocycles. The molecule has 0 amide bonds. The van der Waals surface area contributed by atoms with Crippen LogP contribution < -0.4 is 19.5 Å². The van der Waals surface area contributed by atoms with Crippen LogP contribution in [0, 0.1) is 0 Å². The van der Waals surface area contributed by atoms with E-state index >= 15 is 0 Å². The van der Waals surface area contributed by atoms with Gasteiger partial charge in [0.25, 0.3) is 0 Å². The molecule has 1 aromatic carbocycles. The van der Waals surface area contributed by atoms with Crippen LogP contribution in [0.25, 0.3) is 0 Å². The van der Waals surface area contributed by atoms with Gasteiger partial charge < -0.3 is 29.2 Å². The van der Waals surface area contributed by atoms with Gasteiger partial charge in [-0.05, 0) is 31.1 Å². The van der Waals surface area contributed by atoms with Crippen molar-refractivity contribution in [3.8, 4) is 17.2 Å². The van der Waals surface area contributed by atoms with Crippen LogP contribution >= 0.6 is 12.2 Å². The van der Waals surface area contributed by atoms with Crippen LogP contribution in [-0.2, 0) is 11.3 Å². The lowest BCUT2D eigenvalue weighted by Crippen LogP contribution is -2.41. The molecule has 24 heavy (non-hydrogen) atoms. The highest BCUT2D eigenvalue weighted by Crippen LogP contribution is 2.36. The molecule has 1 fully saturated rings. The van der Waals surface area contributed by atoms with Crippen LogP contribution in [0.2, 0.25) is 0 Å². The van der Waals surface area contributed by atoms with Crippen LogP contribution in [0.5, 0.6) is 17.2 Å². The number of methoxy groups -OCH3 is 3. The maximum atomic E-state index is 5.75. The second-order valence-corrected chi connectivity index (χ2v) is 5.98. The van der Waals surface area contributed by atoms with Crippen LogP contribution in [0.15, 0.2) is 12.1 Å². The standard InChI is InChI=1S/C17H26N2O4S/c1-18-17(24)19(11-13-6-5-7-23-13)10-12-8-14(20-2)9-15(21-3)16(12)22-4/h8-9,13H,5-7,10-11H2,1-4H3,(H,18,24)/t13-/m1/s1. The molecular formula is C17H26N2O4S. The Bertz CT molecular complexity index is 562. The maximum Gasteiger partial charge on any atom is 0.169 e. The van der Waals surface area contributed by atoms with E-state index in [1.165, 1.54) is 0 Å². The minimum atomic E-state index is 0.204. The van der Waals surface area contributed by atoms with Gasteiger partial charge in [0, 0.05) is 38.4 Å². The van der Waals surface area contributed by atoms with E-state index in [-0.39, 0.29) is 6.10 Å². The third-order valence-corrected chi connectivity index (χ3v) is 4.54. The zero-order valence-electron chi connectivity index (χ0n) is 14.8. The van der Waals surface area contributed by atoms with E-state index in [0.29, 0.717) is 23.2 Å². The number of rotatable bonds is 7. The summed E-state index contributed by atoms with van der Waals surface area (Å²) in [6, 6.07) is 3.76. The molecule has 0 spiro atoms. The highest BCUT2D eigenvalue weighted by molar-refractivity contribution is 7.80. The van der Waals surface area contributed by atoms with Gasteiger partial charge in [-0.25, -0.2) is 0 Å². The summed E-state index contributed by atoms with van der Waals surface area (Å²) in [7, 11) is 6.71. The summed E-state index contributed by atoms with van der Waals surface area (Å²) in [5.74, 6) is 2.05. The normalized spacial score (nSPS) is 16.6. The van der Waals surface area contributed by atoms with E-state index in [0.717, 1.165) is 37.3 Å². The van der Waals surface area contributed by atoms with Gasteiger partial charge in [0.15, 0.2) is 16.6 Å². The Hall–Kier alpha value is -1.73. The summed E-state index contributed by atoms with van der Waals surface area (Å²) in [5.41, 5.74) is 0.948. The lowest BCUT2D eigenvalue weighted by atomic mass is 10.1. The van der Waals surface area contributed by atoms with Crippen molar-refractivity contribution in [2.75, 3.05) is 41.5 Å². The topological polar surface area (TPSA) is 52.2 Å². The monoisotopic (exact) mass is 354 g/mol. The Labute approximate surface area is 149 Å². The van der Waals surface area contributed by atoms with Crippen LogP contribution in [-0.4, -0.2) is 57.6 Å². The minimum Gasteiger partial charge on any atom is -0.497 e. The first-order valence-electron chi connectivity index (χ1n) is 8.00. The van der Waals surface area contributed by atoms with Crippen LogP contribution in [0.4, 0.5) is 0 Å². The largest absolute Gasteiger partial charge is 0.497 e. The highest BCUT2D eigenvalue weighted by atomic mass is 32.1. The van der Waals surface area contributed by atoms with Crippen molar-refractivity contribution in [2.45, 2.75) is 25.5 Å². The SMILES string of the molecule is CNC(=S)N(Cc1cc(OC)cc(OC)c1OC)C[C@H]1CCCO1.